The van der Waals surface area contributed by atoms with Crippen molar-refractivity contribution < 1.29 is 27.9 Å². The van der Waals surface area contributed by atoms with E-state index < -0.39 is 28.5 Å². The Morgan fingerprint density at radius 1 is 1.35 bits per heavy atom. The second-order valence-corrected chi connectivity index (χ2v) is 6.08. The molecule has 0 atom stereocenters. The lowest BCUT2D eigenvalue weighted by Gasteiger charge is -2.17. The minimum absolute atomic E-state index is 0.0995. The number of rotatable bonds is 5. The number of hydrogen-bond donors (Lipinski definition) is 1. The molecule has 1 aromatic rings. The molecule has 110 valence electrons. The fourth-order valence-electron chi connectivity index (χ4n) is 1.62. The van der Waals surface area contributed by atoms with Crippen molar-refractivity contribution in [3.63, 3.8) is 0 Å². The van der Waals surface area contributed by atoms with Gasteiger partial charge in [-0.1, -0.05) is 6.07 Å². The third-order valence-electron chi connectivity index (χ3n) is 2.78. The van der Waals surface area contributed by atoms with Gasteiger partial charge in [0.05, 0.1) is 17.6 Å². The summed E-state index contributed by atoms with van der Waals surface area (Å²) in [6, 6.07) is 3.96. The maximum Gasteiger partial charge on any atom is 0.335 e. The Morgan fingerprint density at radius 3 is 2.45 bits per heavy atom. The van der Waals surface area contributed by atoms with Crippen molar-refractivity contribution in [1.82, 2.24) is 4.31 Å². The summed E-state index contributed by atoms with van der Waals surface area (Å²) in [5, 5.41) is 9.00. The highest BCUT2D eigenvalue weighted by Gasteiger charge is 2.26. The van der Waals surface area contributed by atoms with E-state index in [4.69, 9.17) is 5.11 Å². The lowest BCUT2D eigenvalue weighted by atomic mass is 10.1. The highest BCUT2D eigenvalue weighted by molar-refractivity contribution is 7.89. The van der Waals surface area contributed by atoms with E-state index in [9.17, 15) is 18.0 Å². The molecule has 0 bridgehead atoms. The summed E-state index contributed by atoms with van der Waals surface area (Å²) in [6.45, 7) is 0.956. The highest BCUT2D eigenvalue weighted by Crippen LogP contribution is 2.21. The Bertz CT molecular complexity index is 637. The number of methoxy groups -OCH3 is 1. The molecule has 0 aliphatic carbocycles. The Kier molecular flexibility index (Phi) is 4.85. The fraction of sp³-hybridized carbons (Fsp3) is 0.333. The number of benzene rings is 1. The lowest BCUT2D eigenvalue weighted by molar-refractivity contribution is -0.140. The molecule has 0 aliphatic heterocycles. The minimum atomic E-state index is -3.96. The van der Waals surface area contributed by atoms with E-state index in [1.165, 1.54) is 32.2 Å². The van der Waals surface area contributed by atoms with Crippen molar-refractivity contribution in [3.05, 3.63) is 29.3 Å². The quantitative estimate of drug-likeness (QED) is 0.794. The van der Waals surface area contributed by atoms with E-state index in [1.807, 2.05) is 0 Å². The molecule has 0 spiro atoms. The largest absolute Gasteiger partial charge is 0.478 e. The van der Waals surface area contributed by atoms with Gasteiger partial charge in [0.2, 0.25) is 10.0 Å². The van der Waals surface area contributed by atoms with Gasteiger partial charge in [0.1, 0.15) is 6.54 Å². The first kappa shape index (κ1) is 16.1. The van der Waals surface area contributed by atoms with E-state index >= 15 is 0 Å². The summed E-state index contributed by atoms with van der Waals surface area (Å²) in [4.78, 5) is 22.0. The number of carboxylic acids is 1. The predicted octanol–water partition coefficient (Wildman–Crippen LogP) is 0.487. The van der Waals surface area contributed by atoms with Crippen LogP contribution >= 0.6 is 0 Å². The summed E-state index contributed by atoms with van der Waals surface area (Å²) in [5.41, 5.74) is 0.0225. The maximum absolute atomic E-state index is 12.3. The number of esters is 1. The van der Waals surface area contributed by atoms with Crippen molar-refractivity contribution in [3.8, 4) is 0 Å². The van der Waals surface area contributed by atoms with Gasteiger partial charge in [-0.15, -0.1) is 0 Å². The summed E-state index contributed by atoms with van der Waals surface area (Å²) in [6.07, 6.45) is 0. The van der Waals surface area contributed by atoms with E-state index in [0.29, 0.717) is 0 Å². The highest BCUT2D eigenvalue weighted by atomic mass is 32.2. The summed E-state index contributed by atoms with van der Waals surface area (Å²) in [7, 11) is -1.59. The molecule has 0 unspecified atom stereocenters. The van der Waals surface area contributed by atoms with Gasteiger partial charge in [-0.25, -0.2) is 13.2 Å². The van der Waals surface area contributed by atoms with Crippen molar-refractivity contribution >= 4 is 22.0 Å². The zero-order chi connectivity index (χ0) is 15.5. The van der Waals surface area contributed by atoms with Crippen LogP contribution in [0.3, 0.4) is 0 Å². The smallest absolute Gasteiger partial charge is 0.335 e. The molecule has 0 radical (unpaired) electrons. The van der Waals surface area contributed by atoms with Gasteiger partial charge in [-0.05, 0) is 24.6 Å². The number of carbonyl (C=O) groups is 2. The number of ether oxygens (including phenoxy) is 1. The molecule has 0 aromatic heterocycles. The molecule has 0 heterocycles. The summed E-state index contributed by atoms with van der Waals surface area (Å²) in [5.74, 6) is -1.92. The van der Waals surface area contributed by atoms with Gasteiger partial charge >= 0.3 is 11.9 Å². The molecule has 0 saturated carbocycles. The number of aromatic carboxylic acids is 1. The van der Waals surface area contributed by atoms with Crippen LogP contribution in [0.25, 0.3) is 0 Å². The fourth-order valence-corrected chi connectivity index (χ4v) is 2.98. The van der Waals surface area contributed by atoms with Crippen LogP contribution < -0.4 is 0 Å². The Hall–Kier alpha value is -1.93. The predicted molar refractivity (Wildman–Crippen MR) is 70.0 cm³/mol. The third-order valence-corrected chi connectivity index (χ3v) is 4.73. The van der Waals surface area contributed by atoms with Crippen molar-refractivity contribution in [2.75, 3.05) is 20.7 Å². The van der Waals surface area contributed by atoms with Gasteiger partial charge in [-0.2, -0.15) is 4.31 Å². The maximum atomic E-state index is 12.3. The molecule has 7 nitrogen and oxygen atoms in total. The normalized spacial score (nSPS) is 11.4. The molecular formula is C12H15NO6S. The average Bonchev–Trinajstić information content (AvgIpc) is 2.37. The minimum Gasteiger partial charge on any atom is -0.478 e. The van der Waals surface area contributed by atoms with E-state index in [-0.39, 0.29) is 16.0 Å². The number of carboxylic acid groups (broad SMARTS) is 1. The number of nitrogens with zero attached hydrogens (tertiary/aromatic N) is 1. The molecule has 1 aromatic carbocycles. The number of sulfonamides is 1. The molecule has 0 saturated heterocycles. The topological polar surface area (TPSA) is 101 Å². The first-order valence-electron chi connectivity index (χ1n) is 5.58. The number of likely N-dealkylation sites (N-methyl/N-ethyl adjacent to an activating group) is 1. The van der Waals surface area contributed by atoms with E-state index in [2.05, 4.69) is 4.74 Å². The Balaban J connectivity index is 3.26. The lowest BCUT2D eigenvalue weighted by Crippen LogP contribution is -2.33. The van der Waals surface area contributed by atoms with Crippen molar-refractivity contribution in [2.24, 2.45) is 0 Å². The summed E-state index contributed by atoms with van der Waals surface area (Å²) >= 11 is 0. The zero-order valence-electron chi connectivity index (χ0n) is 11.3. The van der Waals surface area contributed by atoms with Crippen LogP contribution in [0, 0.1) is 6.92 Å². The molecule has 8 heteroatoms. The molecule has 1 rings (SSSR count). The van der Waals surface area contributed by atoms with Gasteiger partial charge in [0.25, 0.3) is 0 Å². The molecule has 20 heavy (non-hydrogen) atoms. The van der Waals surface area contributed by atoms with Crippen LogP contribution in [0.15, 0.2) is 23.1 Å². The third kappa shape index (κ3) is 3.14. The molecule has 0 fully saturated rings. The van der Waals surface area contributed by atoms with Crippen LogP contribution in [0.2, 0.25) is 0 Å². The number of hydrogen-bond acceptors (Lipinski definition) is 5. The zero-order valence-corrected chi connectivity index (χ0v) is 12.1. The van der Waals surface area contributed by atoms with Crippen molar-refractivity contribution in [1.29, 1.82) is 0 Å². The molecular weight excluding hydrogens is 286 g/mol. The molecule has 0 aliphatic rings. The first-order chi connectivity index (χ1) is 9.21. The van der Waals surface area contributed by atoms with Gasteiger partial charge in [0.15, 0.2) is 0 Å². The first-order valence-corrected chi connectivity index (χ1v) is 7.02. The van der Waals surface area contributed by atoms with Crippen LogP contribution in [-0.2, 0) is 19.6 Å². The van der Waals surface area contributed by atoms with Gasteiger partial charge < -0.3 is 9.84 Å². The average molecular weight is 301 g/mol. The van der Waals surface area contributed by atoms with Gasteiger partial charge in [0, 0.05) is 7.05 Å². The van der Waals surface area contributed by atoms with E-state index in [0.717, 1.165) is 11.4 Å². The molecule has 0 amide bonds. The number of carbonyl (C=O) groups excluding carboxylic acids is 1. The van der Waals surface area contributed by atoms with Crippen LogP contribution in [0.4, 0.5) is 0 Å². The van der Waals surface area contributed by atoms with Gasteiger partial charge in [-0.3, -0.25) is 4.79 Å². The Labute approximate surface area is 116 Å². The standard InChI is InChI=1S/C12H15NO6S/c1-8-9(12(15)16)5-4-6-10(8)20(17,18)13(2)7-11(14)19-3/h4-6H,7H2,1-3H3,(H,15,16). The summed E-state index contributed by atoms with van der Waals surface area (Å²) < 4.78 is 29.8. The monoisotopic (exact) mass is 301 g/mol. The van der Waals surface area contributed by atoms with E-state index in [1.54, 1.807) is 0 Å². The van der Waals surface area contributed by atoms with Crippen LogP contribution in [0.5, 0.6) is 0 Å². The Morgan fingerprint density at radius 2 is 1.95 bits per heavy atom. The SMILES string of the molecule is COC(=O)CN(C)S(=O)(=O)c1cccc(C(=O)O)c1C. The van der Waals surface area contributed by atoms with Crippen LogP contribution in [-0.4, -0.2) is 50.5 Å². The van der Waals surface area contributed by atoms with Crippen molar-refractivity contribution in [2.45, 2.75) is 11.8 Å². The molecule has 1 N–H and O–H groups in total. The van der Waals surface area contributed by atoms with Crippen LogP contribution in [0.1, 0.15) is 15.9 Å². The second-order valence-electron chi connectivity index (χ2n) is 4.07. The second kappa shape index (κ2) is 6.02.